The SMILES string of the molecule is Cc1cccc(Nc2nccc(Oc3ccc4[nH]ccc4c3)n2)c1. The minimum atomic E-state index is 0.495. The van der Waals surface area contributed by atoms with Gasteiger partial charge in [-0.1, -0.05) is 12.1 Å². The summed E-state index contributed by atoms with van der Waals surface area (Å²) in [7, 11) is 0. The average Bonchev–Trinajstić information content (AvgIpc) is 3.03. The number of hydrogen-bond acceptors (Lipinski definition) is 4. The van der Waals surface area contributed by atoms with Crippen molar-refractivity contribution >= 4 is 22.5 Å². The van der Waals surface area contributed by atoms with Crippen molar-refractivity contribution in [2.75, 3.05) is 5.32 Å². The smallest absolute Gasteiger partial charge is 0.230 e. The van der Waals surface area contributed by atoms with E-state index in [2.05, 4.69) is 20.3 Å². The van der Waals surface area contributed by atoms with Gasteiger partial charge in [0.1, 0.15) is 5.75 Å². The highest BCUT2D eigenvalue weighted by Crippen LogP contribution is 2.25. The van der Waals surface area contributed by atoms with Crippen LogP contribution in [0, 0.1) is 6.92 Å². The third-order valence-corrected chi connectivity index (χ3v) is 3.65. The Bertz CT molecular complexity index is 993. The molecule has 0 aliphatic rings. The van der Waals surface area contributed by atoms with E-state index >= 15 is 0 Å². The predicted octanol–water partition coefficient (Wildman–Crippen LogP) is 4.80. The van der Waals surface area contributed by atoms with Crippen LogP contribution in [0.5, 0.6) is 11.6 Å². The Hall–Kier alpha value is -3.34. The lowest BCUT2D eigenvalue weighted by atomic mass is 10.2. The Labute approximate surface area is 139 Å². The molecule has 0 unspecified atom stereocenters. The van der Waals surface area contributed by atoms with Gasteiger partial charge in [-0.15, -0.1) is 0 Å². The summed E-state index contributed by atoms with van der Waals surface area (Å²) in [6.45, 7) is 2.04. The van der Waals surface area contributed by atoms with Crippen LogP contribution in [0.4, 0.5) is 11.6 Å². The summed E-state index contributed by atoms with van der Waals surface area (Å²) in [5.41, 5.74) is 3.19. The normalized spacial score (nSPS) is 10.7. The molecule has 0 saturated heterocycles. The Morgan fingerprint density at radius 1 is 1.04 bits per heavy atom. The molecule has 5 nitrogen and oxygen atoms in total. The molecule has 24 heavy (non-hydrogen) atoms. The first-order valence-electron chi connectivity index (χ1n) is 7.68. The zero-order valence-corrected chi connectivity index (χ0v) is 13.2. The molecule has 0 radical (unpaired) electrons. The molecule has 0 spiro atoms. The number of ether oxygens (including phenoxy) is 1. The molecule has 2 aromatic carbocycles. The molecule has 0 fully saturated rings. The van der Waals surface area contributed by atoms with Gasteiger partial charge < -0.3 is 15.0 Å². The van der Waals surface area contributed by atoms with Gasteiger partial charge in [0, 0.05) is 35.1 Å². The van der Waals surface area contributed by atoms with Crippen molar-refractivity contribution in [1.29, 1.82) is 0 Å². The Morgan fingerprint density at radius 3 is 2.92 bits per heavy atom. The molecule has 2 N–H and O–H groups in total. The number of fused-ring (bicyclic) bond motifs is 1. The zero-order chi connectivity index (χ0) is 16.4. The molecule has 118 valence electrons. The Balaban J connectivity index is 1.55. The van der Waals surface area contributed by atoms with E-state index in [1.165, 1.54) is 5.56 Å². The highest BCUT2D eigenvalue weighted by Gasteiger charge is 2.04. The van der Waals surface area contributed by atoms with Crippen LogP contribution in [0.15, 0.2) is 67.0 Å². The van der Waals surface area contributed by atoms with Gasteiger partial charge in [-0.25, -0.2) is 4.98 Å². The van der Waals surface area contributed by atoms with Gasteiger partial charge in [0.2, 0.25) is 11.8 Å². The lowest BCUT2D eigenvalue weighted by molar-refractivity contribution is 0.463. The van der Waals surface area contributed by atoms with Crippen LogP contribution in [0.3, 0.4) is 0 Å². The van der Waals surface area contributed by atoms with Crippen molar-refractivity contribution in [2.24, 2.45) is 0 Å². The van der Waals surface area contributed by atoms with Crippen LogP contribution in [-0.2, 0) is 0 Å². The second-order valence-corrected chi connectivity index (χ2v) is 5.54. The van der Waals surface area contributed by atoms with E-state index in [0.717, 1.165) is 22.3 Å². The number of nitrogens with one attached hydrogen (secondary N) is 2. The van der Waals surface area contributed by atoms with Crippen molar-refractivity contribution in [3.05, 3.63) is 72.6 Å². The third kappa shape index (κ3) is 3.05. The number of rotatable bonds is 4. The number of aryl methyl sites for hydroxylation is 1. The van der Waals surface area contributed by atoms with Crippen LogP contribution in [-0.4, -0.2) is 15.0 Å². The highest BCUT2D eigenvalue weighted by molar-refractivity contribution is 5.80. The van der Waals surface area contributed by atoms with Crippen molar-refractivity contribution in [3.8, 4) is 11.6 Å². The van der Waals surface area contributed by atoms with E-state index in [9.17, 15) is 0 Å². The first kappa shape index (κ1) is 14.3. The summed E-state index contributed by atoms with van der Waals surface area (Å²) in [4.78, 5) is 11.8. The molecular weight excluding hydrogens is 300 g/mol. The van der Waals surface area contributed by atoms with Crippen molar-refractivity contribution in [1.82, 2.24) is 15.0 Å². The summed E-state index contributed by atoms with van der Waals surface area (Å²) in [6.07, 6.45) is 3.58. The van der Waals surface area contributed by atoms with Crippen LogP contribution < -0.4 is 10.1 Å². The molecule has 0 saturated carbocycles. The summed E-state index contributed by atoms with van der Waals surface area (Å²) < 4.78 is 5.85. The van der Waals surface area contributed by atoms with Crippen LogP contribution in [0.1, 0.15) is 5.56 Å². The molecule has 2 aromatic heterocycles. The van der Waals surface area contributed by atoms with Gasteiger partial charge in [0.15, 0.2) is 0 Å². The molecular formula is C19H16N4O. The van der Waals surface area contributed by atoms with Gasteiger partial charge in [0.05, 0.1) is 0 Å². The molecule has 0 aliphatic heterocycles. The van der Waals surface area contributed by atoms with Gasteiger partial charge in [-0.2, -0.15) is 4.98 Å². The van der Waals surface area contributed by atoms with E-state index in [1.54, 1.807) is 12.3 Å². The molecule has 4 aromatic rings. The quantitative estimate of drug-likeness (QED) is 0.567. The third-order valence-electron chi connectivity index (χ3n) is 3.65. The largest absolute Gasteiger partial charge is 0.439 e. The van der Waals surface area contributed by atoms with Gasteiger partial charge >= 0.3 is 0 Å². The van der Waals surface area contributed by atoms with Crippen molar-refractivity contribution < 1.29 is 4.74 Å². The molecule has 0 bridgehead atoms. The number of H-pyrrole nitrogens is 1. The predicted molar refractivity (Wildman–Crippen MR) is 94.9 cm³/mol. The summed E-state index contributed by atoms with van der Waals surface area (Å²) >= 11 is 0. The topological polar surface area (TPSA) is 62.8 Å². The maximum Gasteiger partial charge on any atom is 0.230 e. The fourth-order valence-electron chi connectivity index (χ4n) is 2.53. The number of aromatic nitrogens is 3. The van der Waals surface area contributed by atoms with E-state index in [0.29, 0.717) is 11.8 Å². The maximum absolute atomic E-state index is 5.85. The number of benzene rings is 2. The second-order valence-electron chi connectivity index (χ2n) is 5.54. The molecule has 2 heterocycles. The highest BCUT2D eigenvalue weighted by atomic mass is 16.5. The number of aromatic amines is 1. The molecule has 0 atom stereocenters. The Morgan fingerprint density at radius 2 is 2.00 bits per heavy atom. The Kier molecular flexibility index (Phi) is 3.59. The first-order chi connectivity index (χ1) is 11.8. The van der Waals surface area contributed by atoms with E-state index in [4.69, 9.17) is 4.74 Å². The summed E-state index contributed by atoms with van der Waals surface area (Å²) in [6, 6.07) is 17.7. The van der Waals surface area contributed by atoms with Crippen molar-refractivity contribution in [2.45, 2.75) is 6.92 Å². The first-order valence-corrected chi connectivity index (χ1v) is 7.68. The van der Waals surface area contributed by atoms with Gasteiger partial charge in [-0.05, 0) is 48.9 Å². The van der Waals surface area contributed by atoms with Gasteiger partial charge in [0.25, 0.3) is 0 Å². The molecule has 0 amide bonds. The van der Waals surface area contributed by atoms with E-state index in [1.807, 2.05) is 61.7 Å². The standard InChI is InChI=1S/C19H16N4O/c1-13-3-2-4-15(11-13)22-19-21-10-8-18(23-19)24-16-5-6-17-14(12-16)7-9-20-17/h2-12,20H,1H3,(H,21,22,23). The van der Waals surface area contributed by atoms with E-state index in [-0.39, 0.29) is 0 Å². The molecule has 0 aliphatic carbocycles. The number of anilines is 2. The maximum atomic E-state index is 5.85. The summed E-state index contributed by atoms with van der Waals surface area (Å²) in [5.74, 6) is 1.73. The van der Waals surface area contributed by atoms with Crippen molar-refractivity contribution in [3.63, 3.8) is 0 Å². The van der Waals surface area contributed by atoms with Crippen LogP contribution in [0.2, 0.25) is 0 Å². The minimum Gasteiger partial charge on any atom is -0.439 e. The lowest BCUT2D eigenvalue weighted by Gasteiger charge is -2.08. The van der Waals surface area contributed by atoms with Gasteiger partial charge in [-0.3, -0.25) is 0 Å². The minimum absolute atomic E-state index is 0.495. The fourth-order valence-corrected chi connectivity index (χ4v) is 2.53. The lowest BCUT2D eigenvalue weighted by Crippen LogP contribution is -1.98. The monoisotopic (exact) mass is 316 g/mol. The zero-order valence-electron chi connectivity index (χ0n) is 13.2. The number of nitrogens with zero attached hydrogens (tertiary/aromatic N) is 2. The van der Waals surface area contributed by atoms with E-state index < -0.39 is 0 Å². The average molecular weight is 316 g/mol. The van der Waals surface area contributed by atoms with Crippen LogP contribution in [0.25, 0.3) is 10.9 Å². The second kappa shape index (κ2) is 6.04. The fraction of sp³-hybridized carbons (Fsp3) is 0.0526. The van der Waals surface area contributed by atoms with Crippen LogP contribution >= 0.6 is 0 Å². The summed E-state index contributed by atoms with van der Waals surface area (Å²) in [5, 5.41) is 4.29. The molecule has 5 heteroatoms. The molecule has 4 rings (SSSR count). The number of hydrogen-bond donors (Lipinski definition) is 2.